The second-order valence-corrected chi connectivity index (χ2v) is 28.7. The smallest absolute Gasteiger partial charge is 0.234 e. The van der Waals surface area contributed by atoms with Crippen LogP contribution in [0.15, 0.2) is 126 Å². The number of unbranched alkanes of at least 4 members (excludes halogenated alkanes) is 20. The van der Waals surface area contributed by atoms with E-state index in [0.29, 0.717) is 11.4 Å². The first kappa shape index (κ1) is 61.2. The van der Waals surface area contributed by atoms with E-state index in [1.54, 1.807) is 22.7 Å². The molecule has 0 saturated heterocycles. The van der Waals surface area contributed by atoms with E-state index < -0.39 is 0 Å². The standard InChI is InChI=1S/C75H88N4OS5/c1-5-9-13-17-19-21-23-31-47-78-61-37-29-27-35-57(61)59-49-53(39-41-63(59)78)65-43-45-67(81-65)69-51-55(33-25-15-11-7-3)74(83-69)71-73(80)72(77-85-76-71)75-56(34-26-16-12-8-4)52-70(84-75)68-46-44-66(82-68)54-40-42-64-60(50-54)58-36-28-30-38-62(58)79(64)48-32-24-22-20-18-14-10-6-2/h27-30,35-46,49-52H,5-26,31-34,47-48H2,1-4H3. The normalized spacial score (nSPS) is 12.0. The Hall–Kier alpha value is -5.49. The Morgan fingerprint density at radius 2 is 0.706 bits per heavy atom. The van der Waals surface area contributed by atoms with Gasteiger partial charge in [0.1, 0.15) is 11.4 Å². The molecule has 0 amide bonds. The number of aromatic nitrogens is 4. The molecule has 0 bridgehead atoms. The van der Waals surface area contributed by atoms with Crippen molar-refractivity contribution in [3.8, 4) is 61.5 Å². The second-order valence-electron chi connectivity index (χ2n) is 23.9. The van der Waals surface area contributed by atoms with E-state index in [-0.39, 0.29) is 5.43 Å². The highest BCUT2D eigenvalue weighted by Gasteiger charge is 2.25. The predicted molar refractivity (Wildman–Crippen MR) is 377 cm³/mol. The molecule has 0 spiro atoms. The Morgan fingerprint density at radius 3 is 1.13 bits per heavy atom. The van der Waals surface area contributed by atoms with Crippen LogP contribution in [0.25, 0.3) is 105 Å². The van der Waals surface area contributed by atoms with Gasteiger partial charge in [0, 0.05) is 86.0 Å². The van der Waals surface area contributed by atoms with Gasteiger partial charge in [0.2, 0.25) is 5.43 Å². The molecule has 4 aromatic carbocycles. The lowest BCUT2D eigenvalue weighted by atomic mass is 10.0. The van der Waals surface area contributed by atoms with Crippen molar-refractivity contribution in [3.63, 3.8) is 0 Å². The molecule has 0 saturated carbocycles. The molecule has 0 N–H and O–H groups in total. The van der Waals surface area contributed by atoms with Crippen molar-refractivity contribution in [2.45, 2.75) is 208 Å². The minimum atomic E-state index is -0.0475. The van der Waals surface area contributed by atoms with Gasteiger partial charge in [-0.05, 0) is 134 Å². The molecule has 11 rings (SSSR count). The summed E-state index contributed by atoms with van der Waals surface area (Å²) in [5, 5.41) is 5.33. The van der Waals surface area contributed by atoms with Gasteiger partial charge in [-0.2, -0.15) is 8.75 Å². The van der Waals surface area contributed by atoms with Crippen LogP contribution in [0.2, 0.25) is 0 Å². The molecule has 7 heterocycles. The number of thiophene rings is 4. The lowest BCUT2D eigenvalue weighted by molar-refractivity contribution is 0.553. The molecule has 5 nitrogen and oxygen atoms in total. The summed E-state index contributed by atoms with van der Waals surface area (Å²) in [5.74, 6) is 0. The first-order chi connectivity index (χ1) is 42.0. The minimum absolute atomic E-state index is 0.0475. The zero-order valence-corrected chi connectivity index (χ0v) is 55.2. The maximum absolute atomic E-state index is 15.3. The third-order valence-electron chi connectivity index (χ3n) is 17.6. The fourth-order valence-corrected chi connectivity index (χ4v) is 18.1. The molecule has 11 aromatic rings. The molecule has 0 atom stereocenters. The molecule has 0 aliphatic heterocycles. The number of fused-ring (bicyclic) bond motifs is 6. The lowest BCUT2D eigenvalue weighted by Gasteiger charge is -2.08. The third-order valence-corrected chi connectivity index (χ3v) is 23.2. The summed E-state index contributed by atoms with van der Waals surface area (Å²) in [4.78, 5) is 24.7. The second kappa shape index (κ2) is 30.4. The number of hydrogen-bond acceptors (Lipinski definition) is 8. The van der Waals surface area contributed by atoms with Crippen LogP contribution in [-0.2, 0) is 25.9 Å². The van der Waals surface area contributed by atoms with E-state index >= 15 is 4.79 Å². The molecule has 7 aromatic heterocycles. The van der Waals surface area contributed by atoms with Crippen LogP contribution in [0, 0.1) is 0 Å². The maximum atomic E-state index is 15.3. The van der Waals surface area contributed by atoms with Gasteiger partial charge in [0.15, 0.2) is 0 Å². The van der Waals surface area contributed by atoms with Crippen LogP contribution in [0.5, 0.6) is 0 Å². The zero-order chi connectivity index (χ0) is 58.3. The number of benzene rings is 4. The van der Waals surface area contributed by atoms with Crippen molar-refractivity contribution in [2.24, 2.45) is 0 Å². The Bertz CT molecular complexity index is 3730. The number of aryl methyl sites for hydroxylation is 4. The van der Waals surface area contributed by atoms with Gasteiger partial charge in [-0.3, -0.25) is 4.79 Å². The highest BCUT2D eigenvalue weighted by atomic mass is 32.1. The van der Waals surface area contributed by atoms with Gasteiger partial charge < -0.3 is 9.13 Å². The summed E-state index contributed by atoms with van der Waals surface area (Å²) in [7, 11) is 0. The molecule has 0 aliphatic rings. The summed E-state index contributed by atoms with van der Waals surface area (Å²) in [6, 6.07) is 46.1. The largest absolute Gasteiger partial charge is 0.340 e. The molecular formula is C75H88N4OS5. The SMILES string of the molecule is CCCCCCCCCCn1c2ccccc2c2cc(-c3ccc(-c4cc(CCCCCC)c(-c5nsnc(-c6sc(-c7ccc(-c8ccc9c(c8)c8ccccc8n9CCCCCCCCCC)s7)cc6CCCCCC)c5=O)s4)s3)ccc21. The summed E-state index contributed by atoms with van der Waals surface area (Å²) in [5.41, 5.74) is 11.4. The van der Waals surface area contributed by atoms with Gasteiger partial charge in [-0.15, -0.1) is 45.3 Å². The van der Waals surface area contributed by atoms with Gasteiger partial charge in [-0.1, -0.05) is 205 Å². The highest BCUT2D eigenvalue weighted by Crippen LogP contribution is 2.46. The molecule has 0 aliphatic carbocycles. The number of rotatable bonds is 34. The first-order valence-corrected chi connectivity index (χ1v) is 36.8. The predicted octanol–water partition coefficient (Wildman–Crippen LogP) is 24.9. The van der Waals surface area contributed by atoms with Crippen LogP contribution in [0.4, 0.5) is 0 Å². The maximum Gasteiger partial charge on any atom is 0.234 e. The van der Waals surface area contributed by atoms with Crippen molar-refractivity contribution < 1.29 is 0 Å². The van der Waals surface area contributed by atoms with Crippen LogP contribution in [0.1, 0.15) is 193 Å². The van der Waals surface area contributed by atoms with Crippen LogP contribution in [0.3, 0.4) is 0 Å². The fraction of sp³-hybridized carbons (Fsp3) is 0.427. The van der Waals surface area contributed by atoms with Crippen molar-refractivity contribution in [3.05, 3.63) is 143 Å². The molecule has 10 heteroatoms. The Labute approximate surface area is 526 Å². The summed E-state index contributed by atoms with van der Waals surface area (Å²) in [6.07, 6.45) is 32.4. The van der Waals surface area contributed by atoms with Gasteiger partial charge in [-0.25, -0.2) is 0 Å². The molecule has 0 fully saturated rings. The molecule has 444 valence electrons. The zero-order valence-electron chi connectivity index (χ0n) is 51.1. The summed E-state index contributed by atoms with van der Waals surface area (Å²) in [6.45, 7) is 11.2. The molecule has 0 radical (unpaired) electrons. The monoisotopic (exact) mass is 1220 g/mol. The summed E-state index contributed by atoms with van der Waals surface area (Å²) >= 11 is 8.39. The number of nitrogens with zero attached hydrogens (tertiary/aromatic N) is 4. The quantitative estimate of drug-likeness (QED) is 0.0378. The Morgan fingerprint density at radius 1 is 0.341 bits per heavy atom. The third kappa shape index (κ3) is 14.4. The fourth-order valence-electron chi connectivity index (χ4n) is 12.9. The van der Waals surface area contributed by atoms with Gasteiger partial charge >= 0.3 is 0 Å². The average molecular weight is 1220 g/mol. The Balaban J connectivity index is 0.860. The molecular weight excluding hydrogens is 1130 g/mol. The lowest BCUT2D eigenvalue weighted by Crippen LogP contribution is -2.11. The van der Waals surface area contributed by atoms with E-state index in [4.69, 9.17) is 8.75 Å². The van der Waals surface area contributed by atoms with E-state index in [1.165, 1.54) is 248 Å². The molecule has 85 heavy (non-hydrogen) atoms. The first-order valence-electron chi connectivity index (χ1n) is 32.8. The Kier molecular flexibility index (Phi) is 21.9. The average Bonchev–Trinajstić information content (AvgIpc) is 2.49. The van der Waals surface area contributed by atoms with Crippen LogP contribution >= 0.6 is 57.1 Å². The molecule has 0 unspecified atom stereocenters. The van der Waals surface area contributed by atoms with E-state index in [0.717, 1.165) is 48.5 Å². The van der Waals surface area contributed by atoms with Crippen molar-refractivity contribution in [2.75, 3.05) is 0 Å². The minimum Gasteiger partial charge on any atom is -0.340 e. The van der Waals surface area contributed by atoms with Crippen molar-refractivity contribution in [1.29, 1.82) is 0 Å². The van der Waals surface area contributed by atoms with Crippen LogP contribution < -0.4 is 5.43 Å². The van der Waals surface area contributed by atoms with Gasteiger partial charge in [0.25, 0.3) is 0 Å². The van der Waals surface area contributed by atoms with E-state index in [2.05, 4.69) is 158 Å². The summed E-state index contributed by atoms with van der Waals surface area (Å²) < 4.78 is 15.0. The van der Waals surface area contributed by atoms with Crippen molar-refractivity contribution >= 4 is 101 Å². The number of hydrogen-bond donors (Lipinski definition) is 0. The van der Waals surface area contributed by atoms with Crippen molar-refractivity contribution in [1.82, 2.24) is 17.9 Å². The van der Waals surface area contributed by atoms with E-state index in [1.807, 2.05) is 22.7 Å². The van der Waals surface area contributed by atoms with Crippen LogP contribution in [-0.4, -0.2) is 17.9 Å². The number of para-hydroxylation sites is 2. The highest BCUT2D eigenvalue weighted by molar-refractivity contribution is 7.26. The van der Waals surface area contributed by atoms with E-state index in [9.17, 15) is 0 Å². The topological polar surface area (TPSA) is 52.7 Å². The van der Waals surface area contributed by atoms with Gasteiger partial charge in [0.05, 0.1) is 21.5 Å².